The van der Waals surface area contributed by atoms with Gasteiger partial charge >= 0.3 is 5.97 Å². The fourth-order valence-electron chi connectivity index (χ4n) is 5.80. The maximum atomic E-state index is 12.9. The molecule has 3 unspecified atom stereocenters. The largest absolute Gasteiger partial charge is 0.508 e. The number of aromatic hydroxyl groups is 2. The number of fused-ring (bicyclic) bond motifs is 1. The molecule has 6 N–H and O–H groups in total. The average Bonchev–Trinajstić information content (AvgIpc) is 2.94. The highest BCUT2D eigenvalue weighted by atomic mass is 16.6. The number of amides is 1. The number of benzene rings is 1. The highest BCUT2D eigenvalue weighted by Gasteiger charge is 2.48. The molecule has 1 fully saturated rings. The lowest BCUT2D eigenvalue weighted by atomic mass is 9.73. The van der Waals surface area contributed by atoms with Gasteiger partial charge < -0.3 is 49.8 Å². The second-order valence-electron chi connectivity index (χ2n) is 12.5. The topological polar surface area (TPSA) is 184 Å². The van der Waals surface area contributed by atoms with Crippen LogP contribution in [0.4, 0.5) is 0 Å². The van der Waals surface area contributed by atoms with Gasteiger partial charge in [0.05, 0.1) is 24.4 Å². The summed E-state index contributed by atoms with van der Waals surface area (Å²) in [6, 6.07) is 1.10. The lowest BCUT2D eigenvalue weighted by Gasteiger charge is -2.48. The Balaban J connectivity index is 1.73. The van der Waals surface area contributed by atoms with E-state index in [1.807, 2.05) is 13.8 Å². The summed E-state index contributed by atoms with van der Waals surface area (Å²) in [5.74, 6) is -2.57. The molecule has 12 nitrogen and oxygen atoms in total. The second kappa shape index (κ2) is 13.9. The van der Waals surface area contributed by atoms with Crippen molar-refractivity contribution < 1.29 is 54.1 Å². The first kappa shape index (κ1) is 34.7. The number of aliphatic hydroxyl groups is 3. The number of aliphatic hydroxyl groups excluding tert-OH is 3. The minimum Gasteiger partial charge on any atom is -0.508 e. The number of nitrogens with one attached hydrogen (secondary N) is 1. The van der Waals surface area contributed by atoms with E-state index in [4.69, 9.17) is 18.9 Å². The highest BCUT2D eigenvalue weighted by Crippen LogP contribution is 2.42. The van der Waals surface area contributed by atoms with Gasteiger partial charge in [-0.2, -0.15) is 0 Å². The number of carbonyl (C=O) groups excluding carboxylic acids is 2. The van der Waals surface area contributed by atoms with Gasteiger partial charge in [-0.25, -0.2) is 4.79 Å². The number of ether oxygens (including phenoxy) is 4. The Morgan fingerprint density at radius 1 is 1.19 bits per heavy atom. The molecule has 9 atom stereocenters. The zero-order valence-corrected chi connectivity index (χ0v) is 26.0. The lowest BCUT2D eigenvalue weighted by Crippen LogP contribution is -2.59. The molecular formula is C31H47NO11. The molecule has 3 rings (SSSR count). The maximum Gasteiger partial charge on any atom is 0.342 e. The number of hydrogen-bond acceptors (Lipinski definition) is 11. The fourth-order valence-corrected chi connectivity index (χ4v) is 5.80. The van der Waals surface area contributed by atoms with Crippen LogP contribution in [0.3, 0.4) is 0 Å². The first-order chi connectivity index (χ1) is 20.0. The van der Waals surface area contributed by atoms with Crippen LogP contribution >= 0.6 is 0 Å². The van der Waals surface area contributed by atoms with Crippen molar-refractivity contribution in [3.05, 3.63) is 34.9 Å². The van der Waals surface area contributed by atoms with Crippen molar-refractivity contribution in [2.24, 2.45) is 11.3 Å². The van der Waals surface area contributed by atoms with Crippen LogP contribution in [0.5, 0.6) is 11.5 Å². The number of carbonyl (C=O) groups is 2. The predicted octanol–water partition coefficient (Wildman–Crippen LogP) is 1.85. The minimum absolute atomic E-state index is 0.00479. The number of methoxy groups -OCH3 is 2. The Bertz CT molecular complexity index is 1180. The van der Waals surface area contributed by atoms with Crippen LogP contribution in [0.25, 0.3) is 0 Å². The van der Waals surface area contributed by atoms with Crippen LogP contribution < -0.4 is 5.32 Å². The van der Waals surface area contributed by atoms with Crippen LogP contribution in [-0.2, 0) is 30.2 Å². The number of rotatable bonds is 12. The zero-order valence-electron chi connectivity index (χ0n) is 26.0. The van der Waals surface area contributed by atoms with Gasteiger partial charge in [0.15, 0.2) is 12.3 Å². The van der Waals surface area contributed by atoms with E-state index in [1.165, 1.54) is 14.2 Å². The third-order valence-electron chi connectivity index (χ3n) is 9.02. The molecule has 1 aromatic rings. The number of cyclic esters (lactones) is 1. The normalized spacial score (nSPS) is 26.8. The first-order valence-corrected chi connectivity index (χ1v) is 14.5. The third kappa shape index (κ3) is 7.50. The number of phenolic OH excluding ortho intramolecular Hbond substituents is 2. The number of esters is 1. The molecule has 43 heavy (non-hydrogen) atoms. The third-order valence-corrected chi connectivity index (χ3v) is 9.02. The molecule has 0 radical (unpaired) electrons. The Morgan fingerprint density at radius 3 is 2.42 bits per heavy atom. The van der Waals surface area contributed by atoms with E-state index in [1.54, 1.807) is 20.8 Å². The number of phenols is 2. The molecule has 2 aliphatic heterocycles. The van der Waals surface area contributed by atoms with Gasteiger partial charge in [0, 0.05) is 50.9 Å². The molecule has 12 heteroatoms. The van der Waals surface area contributed by atoms with E-state index in [2.05, 4.69) is 11.9 Å². The molecular weight excluding hydrogens is 562 g/mol. The Morgan fingerprint density at radius 2 is 1.84 bits per heavy atom. The molecule has 0 saturated carbocycles. The first-order valence-electron chi connectivity index (χ1n) is 14.5. The summed E-state index contributed by atoms with van der Waals surface area (Å²) in [5.41, 5.74) is 0.851. The number of hydrogen-bond donors (Lipinski definition) is 6. The quantitative estimate of drug-likeness (QED) is 0.115. The summed E-state index contributed by atoms with van der Waals surface area (Å²) in [7, 11) is 2.76. The molecule has 242 valence electrons. The van der Waals surface area contributed by atoms with Gasteiger partial charge in [-0.1, -0.05) is 26.3 Å². The van der Waals surface area contributed by atoms with Crippen molar-refractivity contribution in [3.63, 3.8) is 0 Å². The van der Waals surface area contributed by atoms with Gasteiger partial charge in [0.2, 0.25) is 0 Å². The highest BCUT2D eigenvalue weighted by molar-refractivity contribution is 5.96. The van der Waals surface area contributed by atoms with Crippen molar-refractivity contribution in [2.75, 3.05) is 14.2 Å². The van der Waals surface area contributed by atoms with Crippen molar-refractivity contribution in [1.82, 2.24) is 5.32 Å². The van der Waals surface area contributed by atoms with Crippen LogP contribution in [0.15, 0.2) is 18.2 Å². The summed E-state index contributed by atoms with van der Waals surface area (Å²) >= 11 is 0. The second-order valence-corrected chi connectivity index (χ2v) is 12.5. The predicted molar refractivity (Wildman–Crippen MR) is 155 cm³/mol. The molecule has 0 spiro atoms. The van der Waals surface area contributed by atoms with E-state index in [0.29, 0.717) is 11.1 Å². The van der Waals surface area contributed by atoms with E-state index >= 15 is 0 Å². The molecule has 0 bridgehead atoms. The summed E-state index contributed by atoms with van der Waals surface area (Å²) in [6.45, 7) is 12.6. The van der Waals surface area contributed by atoms with Gasteiger partial charge in [-0.15, -0.1) is 6.58 Å². The van der Waals surface area contributed by atoms with E-state index in [0.717, 1.165) is 11.6 Å². The monoisotopic (exact) mass is 609 g/mol. The van der Waals surface area contributed by atoms with Crippen molar-refractivity contribution in [2.45, 2.75) is 109 Å². The van der Waals surface area contributed by atoms with Gasteiger partial charge in [-0.3, -0.25) is 4.79 Å². The lowest BCUT2D eigenvalue weighted by molar-refractivity contribution is -0.217. The van der Waals surface area contributed by atoms with Gasteiger partial charge in [0.25, 0.3) is 5.91 Å². The summed E-state index contributed by atoms with van der Waals surface area (Å²) < 4.78 is 22.7. The summed E-state index contributed by atoms with van der Waals surface area (Å²) in [5, 5.41) is 56.0. The van der Waals surface area contributed by atoms with Crippen LogP contribution in [0.1, 0.15) is 68.4 Å². The molecule has 2 aliphatic rings. The minimum atomic E-state index is -1.50. The van der Waals surface area contributed by atoms with Crippen molar-refractivity contribution in [3.8, 4) is 11.5 Å². The maximum absolute atomic E-state index is 12.9. The Hall–Kier alpha value is -2.74. The molecule has 1 amide bonds. The Labute approximate surface area is 252 Å². The molecule has 1 saturated heterocycles. The van der Waals surface area contributed by atoms with Gasteiger partial charge in [0.1, 0.15) is 29.3 Å². The molecule has 0 aliphatic carbocycles. The van der Waals surface area contributed by atoms with Gasteiger partial charge in [-0.05, 0) is 31.4 Å². The van der Waals surface area contributed by atoms with E-state index < -0.39 is 72.2 Å². The standard InChI is InChI=1S/C31H47NO11/c1-14(2)9-22(40-7)27(37)28(38)32-29(41-8)23-13-24(36)31(5,6)25(42-23)12-19(34)16(4)21-10-17-15(3)18(33)11-20(35)26(17)30(39)43-21/h11,16,19,21-25,27,29,33-37H,1,9-10,12-13H2,2-8H3,(H,32,38)/t16?,19-,21+,22?,23-,24+,25+,27?,29-/m0/s1. The molecule has 2 heterocycles. The van der Waals surface area contributed by atoms with Crippen molar-refractivity contribution in [1.29, 1.82) is 0 Å². The van der Waals surface area contributed by atoms with E-state index in [-0.39, 0.29) is 42.7 Å². The molecule has 1 aromatic carbocycles. The van der Waals surface area contributed by atoms with Crippen LogP contribution in [-0.4, -0.2) is 101 Å². The molecule has 0 aromatic heterocycles. The van der Waals surface area contributed by atoms with Crippen LogP contribution in [0, 0.1) is 18.3 Å². The Kier molecular flexibility index (Phi) is 11.2. The van der Waals surface area contributed by atoms with E-state index in [9.17, 15) is 35.1 Å². The van der Waals surface area contributed by atoms with Crippen molar-refractivity contribution >= 4 is 11.9 Å². The summed E-state index contributed by atoms with van der Waals surface area (Å²) in [4.78, 5) is 25.6. The smallest absolute Gasteiger partial charge is 0.342 e. The SMILES string of the molecule is C=C(C)CC(OC)C(O)C(=O)N[C@@H](OC)[C@@H]1C[C@@H](O)C(C)(C)[C@@H](C[C@H](O)C(C)[C@H]2Cc3c(C)c(O)cc(O)c3C(=O)O2)O1. The average molecular weight is 610 g/mol. The zero-order chi connectivity index (χ0) is 32.4. The van der Waals surface area contributed by atoms with Crippen LogP contribution in [0.2, 0.25) is 0 Å². The summed E-state index contributed by atoms with van der Waals surface area (Å²) in [6.07, 6.45) is -6.89. The fraction of sp³-hybridized carbons (Fsp3) is 0.677.